The fourth-order valence-corrected chi connectivity index (χ4v) is 3.99. The van der Waals surface area contributed by atoms with Gasteiger partial charge in [-0.05, 0) is 43.9 Å². The van der Waals surface area contributed by atoms with Gasteiger partial charge >= 0.3 is 6.18 Å². The first-order chi connectivity index (χ1) is 15.8. The third-order valence-electron chi connectivity index (χ3n) is 4.81. The number of halogens is 3. The molecule has 0 aliphatic carbocycles. The third kappa shape index (κ3) is 5.73. The lowest BCUT2D eigenvalue weighted by Gasteiger charge is -2.23. The molecule has 174 valence electrons. The van der Waals surface area contributed by atoms with E-state index in [0.717, 1.165) is 43.7 Å². The number of aromatic nitrogens is 4. The summed E-state index contributed by atoms with van der Waals surface area (Å²) in [6.07, 6.45) is 0.539. The number of carbonyl (C=O) groups is 1. The molecule has 4 heterocycles. The lowest BCUT2D eigenvalue weighted by molar-refractivity contribution is -0.141. The maximum Gasteiger partial charge on any atom is 0.434 e. The fourth-order valence-electron chi connectivity index (χ4n) is 3.19. The Bertz CT molecular complexity index is 1100. The molecule has 3 aromatic heterocycles. The van der Waals surface area contributed by atoms with Crippen molar-refractivity contribution in [2.75, 3.05) is 23.7 Å². The Labute approximate surface area is 191 Å². The second kappa shape index (κ2) is 9.67. The number of aryl methyl sites for hydroxylation is 1. The number of hydrogen-bond acceptors (Lipinski definition) is 9. The number of amides is 1. The lowest BCUT2D eigenvalue weighted by atomic mass is 10.1. The normalized spacial score (nSPS) is 16.3. The topological polar surface area (TPSA) is 114 Å². The molecule has 1 atom stereocenters. The zero-order valence-electron chi connectivity index (χ0n) is 17.4. The Hall–Kier alpha value is -3.32. The molecule has 1 amide bonds. The maximum atomic E-state index is 12.9. The Morgan fingerprint density at radius 2 is 2.06 bits per heavy atom. The fraction of sp³-hybridized carbons (Fsp3) is 0.350. The van der Waals surface area contributed by atoms with Crippen LogP contribution in [0.15, 0.2) is 30.7 Å². The van der Waals surface area contributed by atoms with Crippen molar-refractivity contribution in [2.24, 2.45) is 0 Å². The van der Waals surface area contributed by atoms with Crippen LogP contribution in [0.5, 0.6) is 5.88 Å². The number of carbonyl (C=O) groups excluding carboxylic acids is 1. The Balaban J connectivity index is 1.42. The first-order valence-electron chi connectivity index (χ1n) is 10.1. The molecule has 4 rings (SSSR count). The van der Waals surface area contributed by atoms with Crippen LogP contribution in [0.3, 0.4) is 0 Å². The Morgan fingerprint density at radius 3 is 2.70 bits per heavy atom. The van der Waals surface area contributed by atoms with Gasteiger partial charge in [-0.1, -0.05) is 0 Å². The zero-order chi connectivity index (χ0) is 23.4. The smallest absolute Gasteiger partial charge is 0.434 e. The molecule has 33 heavy (non-hydrogen) atoms. The number of nitrogens with zero attached hydrogens (tertiary/aromatic N) is 4. The average molecular weight is 479 g/mol. The van der Waals surface area contributed by atoms with Gasteiger partial charge in [-0.25, -0.2) is 15.0 Å². The SMILES string of the molecule is Cc1nsc(Nc2cnc(C(F)(F)F)cn2)c1C(=O)Nc1ccc(O[C@@H]2CCCNC2)nc1. The van der Waals surface area contributed by atoms with Gasteiger partial charge in [0.15, 0.2) is 5.69 Å². The number of ether oxygens (including phenoxy) is 1. The van der Waals surface area contributed by atoms with Crippen molar-refractivity contribution in [1.82, 2.24) is 24.6 Å². The van der Waals surface area contributed by atoms with E-state index in [1.165, 1.54) is 6.20 Å². The molecular weight excluding hydrogens is 459 g/mol. The van der Waals surface area contributed by atoms with Crippen molar-refractivity contribution < 1.29 is 22.7 Å². The molecule has 0 aromatic carbocycles. The minimum atomic E-state index is -4.58. The molecule has 3 aromatic rings. The summed E-state index contributed by atoms with van der Waals surface area (Å²) in [5.41, 5.74) is 0.0547. The van der Waals surface area contributed by atoms with E-state index in [-0.39, 0.29) is 17.5 Å². The highest BCUT2D eigenvalue weighted by Crippen LogP contribution is 2.30. The van der Waals surface area contributed by atoms with Gasteiger partial charge in [-0.3, -0.25) is 4.79 Å². The van der Waals surface area contributed by atoms with Gasteiger partial charge in [0.1, 0.15) is 16.9 Å². The van der Waals surface area contributed by atoms with E-state index < -0.39 is 17.8 Å². The second-order valence-corrected chi connectivity index (χ2v) is 8.08. The van der Waals surface area contributed by atoms with Crippen LogP contribution in [-0.2, 0) is 6.18 Å². The number of anilines is 3. The molecule has 1 aliphatic rings. The summed E-state index contributed by atoms with van der Waals surface area (Å²) in [5.74, 6) is 0.0787. The molecule has 13 heteroatoms. The zero-order valence-corrected chi connectivity index (χ0v) is 18.3. The monoisotopic (exact) mass is 479 g/mol. The van der Waals surface area contributed by atoms with Crippen molar-refractivity contribution in [3.63, 3.8) is 0 Å². The van der Waals surface area contributed by atoms with Gasteiger partial charge in [0.2, 0.25) is 5.88 Å². The van der Waals surface area contributed by atoms with Crippen LogP contribution in [0.25, 0.3) is 0 Å². The first kappa shape index (κ1) is 22.9. The Kier molecular flexibility index (Phi) is 6.70. The van der Waals surface area contributed by atoms with Crippen molar-refractivity contribution in [1.29, 1.82) is 0 Å². The molecular formula is C20H20F3N7O2S. The lowest BCUT2D eigenvalue weighted by Crippen LogP contribution is -2.37. The number of nitrogens with one attached hydrogen (secondary N) is 3. The number of hydrogen-bond donors (Lipinski definition) is 3. The highest BCUT2D eigenvalue weighted by molar-refractivity contribution is 7.10. The molecule has 1 fully saturated rings. The van der Waals surface area contributed by atoms with Crippen molar-refractivity contribution in [3.8, 4) is 5.88 Å². The van der Waals surface area contributed by atoms with E-state index in [1.54, 1.807) is 19.1 Å². The van der Waals surface area contributed by atoms with E-state index in [1.807, 2.05) is 0 Å². The van der Waals surface area contributed by atoms with Gasteiger partial charge in [-0.2, -0.15) is 17.5 Å². The van der Waals surface area contributed by atoms with Crippen LogP contribution in [0.4, 0.5) is 29.7 Å². The maximum absolute atomic E-state index is 12.9. The summed E-state index contributed by atoms with van der Waals surface area (Å²) < 4.78 is 48.0. The van der Waals surface area contributed by atoms with Crippen LogP contribution in [0, 0.1) is 6.92 Å². The average Bonchev–Trinajstić information content (AvgIpc) is 3.15. The van der Waals surface area contributed by atoms with E-state index in [4.69, 9.17) is 4.74 Å². The number of piperidine rings is 1. The third-order valence-corrected chi connectivity index (χ3v) is 5.66. The van der Waals surface area contributed by atoms with Crippen LogP contribution in [0.1, 0.15) is 34.6 Å². The van der Waals surface area contributed by atoms with Gasteiger partial charge in [0.05, 0.1) is 35.5 Å². The summed E-state index contributed by atoms with van der Waals surface area (Å²) >= 11 is 0.988. The largest absolute Gasteiger partial charge is 0.473 e. The van der Waals surface area contributed by atoms with E-state index in [0.29, 0.717) is 28.5 Å². The molecule has 0 radical (unpaired) electrons. The standard InChI is InChI=1S/C20H20F3N7O2S/c1-11-17(19(33-30-11)29-15-10-25-14(9-26-15)20(21,22)23)18(31)28-12-4-5-16(27-7-12)32-13-3-2-6-24-8-13/h4-5,7,9-10,13,24H,2-3,6,8H2,1H3,(H,26,29)(H,28,31)/t13-/m1/s1. The van der Waals surface area contributed by atoms with Gasteiger partial charge in [0.25, 0.3) is 5.91 Å². The van der Waals surface area contributed by atoms with Gasteiger partial charge in [-0.15, -0.1) is 0 Å². The van der Waals surface area contributed by atoms with Crippen molar-refractivity contribution in [2.45, 2.75) is 32.0 Å². The minimum Gasteiger partial charge on any atom is -0.473 e. The summed E-state index contributed by atoms with van der Waals surface area (Å²) in [6.45, 7) is 3.41. The quantitative estimate of drug-likeness (QED) is 0.490. The molecule has 3 N–H and O–H groups in total. The predicted molar refractivity (Wildman–Crippen MR) is 116 cm³/mol. The molecule has 1 aliphatic heterocycles. The van der Waals surface area contributed by atoms with E-state index in [9.17, 15) is 18.0 Å². The molecule has 1 saturated heterocycles. The summed E-state index contributed by atoms with van der Waals surface area (Å²) in [7, 11) is 0. The van der Waals surface area contributed by atoms with Crippen LogP contribution >= 0.6 is 11.5 Å². The van der Waals surface area contributed by atoms with Crippen LogP contribution in [-0.4, -0.2) is 44.4 Å². The summed E-state index contributed by atoms with van der Waals surface area (Å²) in [6, 6.07) is 3.36. The highest BCUT2D eigenvalue weighted by Gasteiger charge is 2.32. The van der Waals surface area contributed by atoms with Gasteiger partial charge < -0.3 is 20.7 Å². The van der Waals surface area contributed by atoms with E-state index in [2.05, 4.69) is 35.3 Å². The predicted octanol–water partition coefficient (Wildman–Crippen LogP) is 3.78. The molecule has 0 spiro atoms. The highest BCUT2D eigenvalue weighted by atomic mass is 32.1. The molecule has 0 unspecified atom stereocenters. The molecule has 0 bridgehead atoms. The summed E-state index contributed by atoms with van der Waals surface area (Å²) in [4.78, 5) is 24.2. The van der Waals surface area contributed by atoms with Gasteiger partial charge in [0, 0.05) is 12.6 Å². The van der Waals surface area contributed by atoms with Crippen molar-refractivity contribution >= 4 is 33.9 Å². The number of alkyl halides is 3. The van der Waals surface area contributed by atoms with E-state index >= 15 is 0 Å². The van der Waals surface area contributed by atoms with Crippen LogP contribution in [0.2, 0.25) is 0 Å². The molecule has 0 saturated carbocycles. The second-order valence-electron chi connectivity index (χ2n) is 7.31. The number of pyridine rings is 1. The van der Waals surface area contributed by atoms with Crippen LogP contribution < -0.4 is 20.7 Å². The Morgan fingerprint density at radius 1 is 1.21 bits per heavy atom. The molecule has 9 nitrogen and oxygen atoms in total. The first-order valence-corrected chi connectivity index (χ1v) is 10.8. The summed E-state index contributed by atoms with van der Waals surface area (Å²) in [5, 5.41) is 9.15. The van der Waals surface area contributed by atoms with Crippen molar-refractivity contribution in [3.05, 3.63) is 47.7 Å². The minimum absolute atomic E-state index is 0.0565. The number of rotatable bonds is 6.